The summed E-state index contributed by atoms with van der Waals surface area (Å²) in [5.41, 5.74) is 2.41. The molecule has 0 bridgehead atoms. The summed E-state index contributed by atoms with van der Waals surface area (Å²) in [4.78, 5) is 2.43. The highest BCUT2D eigenvalue weighted by atomic mass is 19.1. The van der Waals surface area contributed by atoms with Gasteiger partial charge in [-0.15, -0.1) is 0 Å². The maximum absolute atomic E-state index is 12.9. The molecule has 0 saturated carbocycles. The molecule has 0 N–H and O–H groups in total. The molecule has 1 atom stereocenters. The second-order valence-electron chi connectivity index (χ2n) is 4.64. The molecule has 0 amide bonds. The average molecular weight is 219 g/mol. The molecule has 0 radical (unpaired) electrons. The lowest BCUT2D eigenvalue weighted by Crippen LogP contribution is -2.24. The third-order valence-electron chi connectivity index (χ3n) is 3.09. The highest BCUT2D eigenvalue weighted by Crippen LogP contribution is 2.32. The standard InChI is InChI=1S/C14H18FN/c1-11(2)10-16-9-3-4-14(16)12-5-7-13(15)8-6-12/h5-8,14H,1,3-4,9-10H2,2H3. The molecule has 16 heavy (non-hydrogen) atoms. The smallest absolute Gasteiger partial charge is 0.123 e. The van der Waals surface area contributed by atoms with E-state index in [1.807, 2.05) is 12.1 Å². The summed E-state index contributed by atoms with van der Waals surface area (Å²) in [5, 5.41) is 0. The Balaban J connectivity index is 2.13. The monoisotopic (exact) mass is 219 g/mol. The first-order valence-corrected chi connectivity index (χ1v) is 5.81. The van der Waals surface area contributed by atoms with Gasteiger partial charge in [0, 0.05) is 12.6 Å². The van der Waals surface area contributed by atoms with Crippen LogP contribution in [0.3, 0.4) is 0 Å². The predicted octanol–water partition coefficient (Wildman–Crippen LogP) is 3.54. The Morgan fingerprint density at radius 1 is 1.44 bits per heavy atom. The van der Waals surface area contributed by atoms with Gasteiger partial charge in [-0.2, -0.15) is 0 Å². The molecule has 0 aromatic heterocycles. The second kappa shape index (κ2) is 4.79. The molecule has 1 aromatic carbocycles. The van der Waals surface area contributed by atoms with Crippen molar-refractivity contribution in [3.63, 3.8) is 0 Å². The van der Waals surface area contributed by atoms with Crippen molar-refractivity contribution >= 4 is 0 Å². The summed E-state index contributed by atoms with van der Waals surface area (Å²) < 4.78 is 12.9. The lowest BCUT2D eigenvalue weighted by atomic mass is 10.0. The van der Waals surface area contributed by atoms with Crippen molar-refractivity contribution < 1.29 is 4.39 Å². The van der Waals surface area contributed by atoms with Crippen LogP contribution in [0.25, 0.3) is 0 Å². The topological polar surface area (TPSA) is 3.24 Å². The number of halogens is 1. The molecule has 1 unspecified atom stereocenters. The van der Waals surface area contributed by atoms with Gasteiger partial charge in [-0.25, -0.2) is 4.39 Å². The summed E-state index contributed by atoms with van der Waals surface area (Å²) in [6.45, 7) is 8.08. The Hall–Kier alpha value is -1.15. The van der Waals surface area contributed by atoms with Crippen molar-refractivity contribution in [1.29, 1.82) is 0 Å². The molecule has 1 aromatic rings. The molecule has 1 saturated heterocycles. The fraction of sp³-hybridized carbons (Fsp3) is 0.429. The molecule has 1 aliphatic heterocycles. The molecule has 1 fully saturated rings. The molecular formula is C14H18FN. The molecule has 1 nitrogen and oxygen atoms in total. The number of likely N-dealkylation sites (tertiary alicyclic amines) is 1. The van der Waals surface area contributed by atoms with E-state index in [9.17, 15) is 4.39 Å². The maximum atomic E-state index is 12.9. The second-order valence-corrected chi connectivity index (χ2v) is 4.64. The van der Waals surface area contributed by atoms with Gasteiger partial charge in [0.2, 0.25) is 0 Å². The number of benzene rings is 1. The van der Waals surface area contributed by atoms with Crippen LogP contribution in [0.1, 0.15) is 31.4 Å². The van der Waals surface area contributed by atoms with Gasteiger partial charge < -0.3 is 0 Å². The third-order valence-corrected chi connectivity index (χ3v) is 3.09. The Kier molecular flexibility index (Phi) is 3.39. The number of hydrogen-bond donors (Lipinski definition) is 0. The van der Waals surface area contributed by atoms with Crippen molar-refractivity contribution in [2.75, 3.05) is 13.1 Å². The molecule has 2 heteroatoms. The summed E-state index contributed by atoms with van der Waals surface area (Å²) in [6, 6.07) is 7.34. The first kappa shape index (κ1) is 11.3. The predicted molar refractivity (Wildman–Crippen MR) is 64.8 cm³/mol. The summed E-state index contributed by atoms with van der Waals surface area (Å²) in [5.74, 6) is -0.159. The highest BCUT2D eigenvalue weighted by Gasteiger charge is 2.25. The first-order chi connectivity index (χ1) is 7.66. The highest BCUT2D eigenvalue weighted by molar-refractivity contribution is 5.21. The molecule has 1 aliphatic rings. The Bertz CT molecular complexity index is 369. The van der Waals surface area contributed by atoms with Crippen LogP contribution in [0, 0.1) is 5.82 Å². The van der Waals surface area contributed by atoms with E-state index >= 15 is 0 Å². The Morgan fingerprint density at radius 3 is 2.75 bits per heavy atom. The van der Waals surface area contributed by atoms with Crippen molar-refractivity contribution in [3.05, 3.63) is 47.8 Å². The first-order valence-electron chi connectivity index (χ1n) is 5.81. The van der Waals surface area contributed by atoms with Gasteiger partial charge in [-0.1, -0.05) is 24.3 Å². The molecule has 0 spiro atoms. The van der Waals surface area contributed by atoms with Crippen LogP contribution in [0.4, 0.5) is 4.39 Å². The van der Waals surface area contributed by atoms with Gasteiger partial charge in [0.1, 0.15) is 5.82 Å². The lowest BCUT2D eigenvalue weighted by molar-refractivity contribution is 0.279. The molecule has 86 valence electrons. The fourth-order valence-corrected chi connectivity index (χ4v) is 2.42. The number of nitrogens with zero attached hydrogens (tertiary/aromatic N) is 1. The van der Waals surface area contributed by atoms with Gasteiger partial charge in [0.05, 0.1) is 0 Å². The fourth-order valence-electron chi connectivity index (χ4n) is 2.42. The van der Waals surface area contributed by atoms with Gasteiger partial charge in [-0.05, 0) is 44.0 Å². The van der Waals surface area contributed by atoms with E-state index in [1.54, 1.807) is 12.1 Å². The van der Waals surface area contributed by atoms with Gasteiger partial charge in [0.15, 0.2) is 0 Å². The molecule has 2 rings (SSSR count). The number of hydrogen-bond acceptors (Lipinski definition) is 1. The van der Waals surface area contributed by atoms with Crippen LogP contribution in [0.5, 0.6) is 0 Å². The number of rotatable bonds is 3. The van der Waals surface area contributed by atoms with Gasteiger partial charge in [-0.3, -0.25) is 4.90 Å². The van der Waals surface area contributed by atoms with Crippen molar-refractivity contribution in [1.82, 2.24) is 4.90 Å². The van der Waals surface area contributed by atoms with Crippen LogP contribution in [-0.4, -0.2) is 18.0 Å². The zero-order valence-corrected chi connectivity index (χ0v) is 9.75. The zero-order chi connectivity index (χ0) is 11.5. The maximum Gasteiger partial charge on any atom is 0.123 e. The summed E-state index contributed by atoms with van der Waals surface area (Å²) in [6.07, 6.45) is 2.38. The van der Waals surface area contributed by atoms with Crippen molar-refractivity contribution in [3.8, 4) is 0 Å². The van der Waals surface area contributed by atoms with E-state index in [4.69, 9.17) is 0 Å². The van der Waals surface area contributed by atoms with Crippen LogP contribution in [0.15, 0.2) is 36.4 Å². The SMILES string of the molecule is C=C(C)CN1CCCC1c1ccc(F)cc1. The van der Waals surface area contributed by atoms with Gasteiger partial charge in [0.25, 0.3) is 0 Å². The minimum Gasteiger partial charge on any atom is -0.292 e. The zero-order valence-electron chi connectivity index (χ0n) is 9.75. The van der Waals surface area contributed by atoms with Crippen LogP contribution in [-0.2, 0) is 0 Å². The Labute approximate surface area is 96.6 Å². The van der Waals surface area contributed by atoms with E-state index < -0.39 is 0 Å². The van der Waals surface area contributed by atoms with Gasteiger partial charge >= 0.3 is 0 Å². The van der Waals surface area contributed by atoms with E-state index in [0.717, 1.165) is 13.1 Å². The van der Waals surface area contributed by atoms with E-state index in [0.29, 0.717) is 6.04 Å². The van der Waals surface area contributed by atoms with E-state index in [1.165, 1.54) is 24.0 Å². The summed E-state index contributed by atoms with van der Waals surface area (Å²) in [7, 11) is 0. The minimum absolute atomic E-state index is 0.159. The molecule has 0 aliphatic carbocycles. The van der Waals surface area contributed by atoms with Crippen LogP contribution < -0.4 is 0 Å². The largest absolute Gasteiger partial charge is 0.292 e. The third kappa shape index (κ3) is 2.50. The van der Waals surface area contributed by atoms with Crippen LogP contribution in [0.2, 0.25) is 0 Å². The average Bonchev–Trinajstić information content (AvgIpc) is 2.66. The van der Waals surface area contributed by atoms with Crippen LogP contribution >= 0.6 is 0 Å². The quantitative estimate of drug-likeness (QED) is 0.703. The minimum atomic E-state index is -0.159. The lowest BCUT2D eigenvalue weighted by Gasteiger charge is -2.24. The Morgan fingerprint density at radius 2 is 2.12 bits per heavy atom. The summed E-state index contributed by atoms with van der Waals surface area (Å²) >= 11 is 0. The molecule has 1 heterocycles. The van der Waals surface area contributed by atoms with E-state index in [2.05, 4.69) is 18.4 Å². The normalized spacial score (nSPS) is 21.2. The van der Waals surface area contributed by atoms with Crippen molar-refractivity contribution in [2.45, 2.75) is 25.8 Å². The van der Waals surface area contributed by atoms with Crippen molar-refractivity contribution in [2.24, 2.45) is 0 Å². The van der Waals surface area contributed by atoms with E-state index in [-0.39, 0.29) is 5.82 Å². The molecular weight excluding hydrogens is 201 g/mol.